The fourth-order valence-electron chi connectivity index (χ4n) is 3.53. The van der Waals surface area contributed by atoms with E-state index in [0.29, 0.717) is 17.9 Å². The number of amides is 1. The fraction of sp³-hybridized carbons (Fsp3) is 0.458. The van der Waals surface area contributed by atoms with E-state index in [1.54, 1.807) is 6.07 Å². The molecule has 0 aromatic heterocycles. The number of anilines is 1. The number of fused-ring (bicyclic) bond motifs is 1. The highest BCUT2D eigenvalue weighted by Gasteiger charge is 2.27. The summed E-state index contributed by atoms with van der Waals surface area (Å²) in [4.78, 5) is 11.5. The van der Waals surface area contributed by atoms with Crippen LogP contribution in [-0.2, 0) is 11.2 Å². The molecule has 2 aromatic carbocycles. The van der Waals surface area contributed by atoms with E-state index >= 15 is 0 Å². The van der Waals surface area contributed by atoms with Crippen LogP contribution in [0.4, 0.5) is 5.69 Å². The molecule has 7 heteroatoms. The Balaban J connectivity index is 1.59. The van der Waals surface area contributed by atoms with E-state index in [1.807, 2.05) is 12.1 Å². The molecule has 0 radical (unpaired) electrons. The standard InChI is InChI=1S/C24H32N2O5/c1-4-5-12-30-17-8-6-16(7-9-17)13-24(2,3)25-14-20(28)18-10-11-19(27)22-23(18)31-15-21(29)26-22/h6-11,20,25,27-28H,4-5,12-15H2,1-3H3,(H,26,29)/t20-/m1/s1. The number of β-amino-alcohol motifs (C(OH)–C–C–N with tert-alkyl or cyclic N) is 1. The lowest BCUT2D eigenvalue weighted by Gasteiger charge is -2.29. The minimum absolute atomic E-state index is 0.0885. The van der Waals surface area contributed by atoms with Gasteiger partial charge in [-0.15, -0.1) is 0 Å². The summed E-state index contributed by atoms with van der Waals surface area (Å²) in [5.41, 5.74) is 1.62. The van der Waals surface area contributed by atoms with Crippen LogP contribution in [0.5, 0.6) is 17.2 Å². The minimum Gasteiger partial charge on any atom is -0.506 e. The number of carbonyl (C=O) groups is 1. The Hall–Kier alpha value is -2.77. The third kappa shape index (κ3) is 6.12. The summed E-state index contributed by atoms with van der Waals surface area (Å²) in [6.07, 6.45) is 2.06. The van der Waals surface area contributed by atoms with Crippen molar-refractivity contribution in [2.75, 3.05) is 25.1 Å². The normalized spacial score (nSPS) is 14.4. The third-order valence-electron chi connectivity index (χ3n) is 5.25. The molecule has 2 aromatic rings. The van der Waals surface area contributed by atoms with Crippen molar-refractivity contribution in [3.8, 4) is 17.2 Å². The zero-order valence-corrected chi connectivity index (χ0v) is 18.4. The summed E-state index contributed by atoms with van der Waals surface area (Å²) >= 11 is 0. The zero-order chi connectivity index (χ0) is 22.4. The van der Waals surface area contributed by atoms with E-state index in [2.05, 4.69) is 43.5 Å². The number of aliphatic hydroxyl groups excluding tert-OH is 1. The van der Waals surface area contributed by atoms with E-state index < -0.39 is 6.10 Å². The molecule has 1 aliphatic rings. The first-order valence-electron chi connectivity index (χ1n) is 10.7. The largest absolute Gasteiger partial charge is 0.506 e. The average molecular weight is 429 g/mol. The maximum absolute atomic E-state index is 11.5. The van der Waals surface area contributed by atoms with Crippen LogP contribution >= 0.6 is 0 Å². The van der Waals surface area contributed by atoms with Crippen LogP contribution in [0.1, 0.15) is 50.8 Å². The van der Waals surface area contributed by atoms with Crippen molar-refractivity contribution in [1.82, 2.24) is 5.32 Å². The molecule has 31 heavy (non-hydrogen) atoms. The first-order chi connectivity index (χ1) is 14.8. The summed E-state index contributed by atoms with van der Waals surface area (Å²) in [6.45, 7) is 7.17. The van der Waals surface area contributed by atoms with Gasteiger partial charge in [-0.25, -0.2) is 0 Å². The smallest absolute Gasteiger partial charge is 0.262 e. The van der Waals surface area contributed by atoms with Crippen molar-refractivity contribution >= 4 is 11.6 Å². The molecule has 0 unspecified atom stereocenters. The minimum atomic E-state index is -0.863. The predicted octanol–water partition coefficient (Wildman–Crippen LogP) is 3.55. The highest BCUT2D eigenvalue weighted by molar-refractivity contribution is 5.97. The number of hydrogen-bond donors (Lipinski definition) is 4. The lowest BCUT2D eigenvalue weighted by atomic mass is 9.94. The monoisotopic (exact) mass is 428 g/mol. The summed E-state index contributed by atoms with van der Waals surface area (Å²) < 4.78 is 11.2. The maximum Gasteiger partial charge on any atom is 0.262 e. The summed E-state index contributed by atoms with van der Waals surface area (Å²) in [5, 5.41) is 26.7. The van der Waals surface area contributed by atoms with E-state index in [9.17, 15) is 15.0 Å². The number of aromatic hydroxyl groups is 1. The molecule has 1 atom stereocenters. The lowest BCUT2D eigenvalue weighted by Crippen LogP contribution is -2.43. The first-order valence-corrected chi connectivity index (χ1v) is 10.7. The average Bonchev–Trinajstić information content (AvgIpc) is 2.74. The number of benzene rings is 2. The van der Waals surface area contributed by atoms with Gasteiger partial charge in [0.05, 0.1) is 12.7 Å². The van der Waals surface area contributed by atoms with Gasteiger partial charge in [0.15, 0.2) is 12.4 Å². The third-order valence-corrected chi connectivity index (χ3v) is 5.25. The highest BCUT2D eigenvalue weighted by Crippen LogP contribution is 2.41. The molecule has 0 aliphatic carbocycles. The first kappa shape index (κ1) is 22.9. The maximum atomic E-state index is 11.5. The van der Waals surface area contributed by atoms with Gasteiger partial charge >= 0.3 is 0 Å². The van der Waals surface area contributed by atoms with Crippen LogP contribution in [0.3, 0.4) is 0 Å². The molecule has 3 rings (SSSR count). The molecule has 0 saturated heterocycles. The number of rotatable bonds is 10. The Morgan fingerprint density at radius 2 is 1.97 bits per heavy atom. The molecule has 0 fully saturated rings. The van der Waals surface area contributed by atoms with Gasteiger partial charge in [-0.1, -0.05) is 25.5 Å². The highest BCUT2D eigenvalue weighted by atomic mass is 16.5. The van der Waals surface area contributed by atoms with E-state index in [-0.39, 0.29) is 29.5 Å². The number of aliphatic hydroxyl groups is 1. The molecule has 0 saturated carbocycles. The van der Waals surface area contributed by atoms with Gasteiger partial charge in [-0.05, 0) is 56.5 Å². The van der Waals surface area contributed by atoms with Gasteiger partial charge in [0.1, 0.15) is 17.2 Å². The van der Waals surface area contributed by atoms with Crippen LogP contribution in [0.25, 0.3) is 0 Å². The Bertz CT molecular complexity index is 896. The van der Waals surface area contributed by atoms with E-state index in [0.717, 1.165) is 31.6 Å². The fourth-order valence-corrected chi connectivity index (χ4v) is 3.53. The second-order valence-electron chi connectivity index (χ2n) is 8.52. The van der Waals surface area contributed by atoms with E-state index in [1.165, 1.54) is 11.6 Å². The zero-order valence-electron chi connectivity index (χ0n) is 18.4. The second kappa shape index (κ2) is 10.0. The van der Waals surface area contributed by atoms with Gasteiger partial charge in [0.25, 0.3) is 5.91 Å². The number of unbranched alkanes of at least 4 members (excludes halogenated alkanes) is 1. The molecule has 1 heterocycles. The van der Waals surface area contributed by atoms with Gasteiger partial charge < -0.3 is 30.3 Å². The molecule has 4 N–H and O–H groups in total. The molecule has 1 aliphatic heterocycles. The number of hydrogen-bond acceptors (Lipinski definition) is 6. The second-order valence-corrected chi connectivity index (χ2v) is 8.52. The molecule has 7 nitrogen and oxygen atoms in total. The Morgan fingerprint density at radius 3 is 2.68 bits per heavy atom. The Labute approximate surface area is 183 Å². The summed E-state index contributed by atoms with van der Waals surface area (Å²) in [7, 11) is 0. The predicted molar refractivity (Wildman–Crippen MR) is 120 cm³/mol. The Kier molecular flexibility index (Phi) is 7.41. The van der Waals surface area contributed by atoms with Crippen molar-refractivity contribution in [2.45, 2.75) is 51.7 Å². The molecule has 0 spiro atoms. The summed E-state index contributed by atoms with van der Waals surface area (Å²) in [6, 6.07) is 11.2. The molecule has 1 amide bonds. The molecular weight excluding hydrogens is 396 g/mol. The number of phenolic OH excluding ortho intramolecular Hbond substituents is 1. The summed E-state index contributed by atoms with van der Waals surface area (Å²) in [5.74, 6) is 0.762. The molecule has 0 bridgehead atoms. The molecular formula is C24H32N2O5. The molecule has 168 valence electrons. The number of phenols is 1. The lowest BCUT2D eigenvalue weighted by molar-refractivity contribution is -0.118. The van der Waals surface area contributed by atoms with Crippen molar-refractivity contribution in [3.05, 3.63) is 47.5 Å². The van der Waals surface area contributed by atoms with E-state index in [4.69, 9.17) is 9.47 Å². The van der Waals surface area contributed by atoms with Crippen molar-refractivity contribution < 1.29 is 24.5 Å². The van der Waals surface area contributed by atoms with Crippen molar-refractivity contribution in [1.29, 1.82) is 0 Å². The van der Waals surface area contributed by atoms with Crippen LogP contribution in [0, 0.1) is 0 Å². The van der Waals surface area contributed by atoms with Gasteiger partial charge in [0, 0.05) is 17.6 Å². The van der Waals surface area contributed by atoms with Crippen molar-refractivity contribution in [2.24, 2.45) is 0 Å². The van der Waals surface area contributed by atoms with Gasteiger partial charge in [0.2, 0.25) is 0 Å². The number of nitrogens with one attached hydrogen (secondary N) is 2. The van der Waals surface area contributed by atoms with Gasteiger partial charge in [-0.3, -0.25) is 4.79 Å². The Morgan fingerprint density at radius 1 is 1.23 bits per heavy atom. The number of carbonyl (C=O) groups excluding carboxylic acids is 1. The van der Waals surface area contributed by atoms with Crippen LogP contribution < -0.4 is 20.1 Å². The van der Waals surface area contributed by atoms with Crippen molar-refractivity contribution in [3.63, 3.8) is 0 Å². The number of ether oxygens (including phenoxy) is 2. The SMILES string of the molecule is CCCCOc1ccc(CC(C)(C)NC[C@@H](O)c2ccc(O)c3c2OCC(=O)N3)cc1. The van der Waals surface area contributed by atoms with Crippen LogP contribution in [0.2, 0.25) is 0 Å². The topological polar surface area (TPSA) is 100 Å². The van der Waals surface area contributed by atoms with Crippen LogP contribution in [-0.4, -0.2) is 41.4 Å². The quantitative estimate of drug-likeness (QED) is 0.341. The van der Waals surface area contributed by atoms with Gasteiger partial charge in [-0.2, -0.15) is 0 Å². The van der Waals surface area contributed by atoms with Crippen LogP contribution in [0.15, 0.2) is 36.4 Å².